The summed E-state index contributed by atoms with van der Waals surface area (Å²) < 4.78 is -0.519. The number of rotatable bonds is 2. The number of hydrogen-bond acceptors (Lipinski definition) is 3. The zero-order valence-electron chi connectivity index (χ0n) is 4.04. The van der Waals surface area contributed by atoms with Gasteiger partial charge in [-0.2, -0.15) is 0 Å². The molecule has 0 saturated carbocycles. The minimum Gasteiger partial charge on any atom is -0.596 e. The molecule has 0 aliphatic carbocycles. The van der Waals surface area contributed by atoms with Crippen LogP contribution in [0.2, 0.25) is 0 Å². The SMILES string of the molecule is CO/N=[N+](/[O-])C(Br)Br. The van der Waals surface area contributed by atoms with Crippen LogP contribution in [0.5, 0.6) is 0 Å². The number of nitrogens with zero attached hydrogens (tertiary/aromatic N) is 2. The Labute approximate surface area is 63.3 Å². The molecule has 0 N–H and O–H groups in total. The van der Waals surface area contributed by atoms with E-state index in [1.165, 1.54) is 7.11 Å². The number of hydroxylamine groups is 1. The molecule has 8 heavy (non-hydrogen) atoms. The highest BCUT2D eigenvalue weighted by Crippen LogP contribution is 2.08. The van der Waals surface area contributed by atoms with Gasteiger partial charge in [-0.25, -0.2) is 0 Å². The predicted molar refractivity (Wildman–Crippen MR) is 34.7 cm³/mol. The fraction of sp³-hybridized carbons (Fsp3) is 1.00. The zero-order valence-corrected chi connectivity index (χ0v) is 7.22. The van der Waals surface area contributed by atoms with Crippen molar-refractivity contribution in [2.75, 3.05) is 7.11 Å². The van der Waals surface area contributed by atoms with Gasteiger partial charge < -0.3 is 10.0 Å². The molecule has 0 unspecified atom stereocenters. The third kappa shape index (κ3) is 3.20. The Morgan fingerprint density at radius 1 is 1.75 bits per heavy atom. The summed E-state index contributed by atoms with van der Waals surface area (Å²) in [5, 5.41) is 13.3. The van der Waals surface area contributed by atoms with Gasteiger partial charge in [0, 0.05) is 31.9 Å². The van der Waals surface area contributed by atoms with Crippen LogP contribution in [0.25, 0.3) is 0 Å². The summed E-state index contributed by atoms with van der Waals surface area (Å²) in [6.07, 6.45) is 0. The normalized spacial score (nSPS) is 12.2. The summed E-state index contributed by atoms with van der Waals surface area (Å²) in [6, 6.07) is 0. The molecule has 0 amide bonds. The summed E-state index contributed by atoms with van der Waals surface area (Å²) in [6.45, 7) is 0. The maximum atomic E-state index is 10.3. The van der Waals surface area contributed by atoms with Crippen molar-refractivity contribution >= 4 is 31.9 Å². The summed E-state index contributed by atoms with van der Waals surface area (Å²) in [5.74, 6) is 0. The van der Waals surface area contributed by atoms with Crippen molar-refractivity contribution in [1.29, 1.82) is 0 Å². The summed E-state index contributed by atoms with van der Waals surface area (Å²) in [7, 11) is 1.30. The van der Waals surface area contributed by atoms with E-state index in [9.17, 15) is 5.21 Å². The monoisotopic (exact) mass is 246 g/mol. The van der Waals surface area contributed by atoms with E-state index in [1.54, 1.807) is 0 Å². The first-order valence-electron chi connectivity index (χ1n) is 1.67. The van der Waals surface area contributed by atoms with Crippen LogP contribution in [0.3, 0.4) is 0 Å². The molecule has 0 spiro atoms. The largest absolute Gasteiger partial charge is 0.596 e. The Hall–Kier alpha value is 0.160. The van der Waals surface area contributed by atoms with E-state index in [4.69, 9.17) is 0 Å². The standard InChI is InChI=1S/C2H4Br2N2O2/c1-8-5-6(7)2(3)4/h2H,1H3/b6-5+. The van der Waals surface area contributed by atoms with Gasteiger partial charge in [-0.1, -0.05) is 0 Å². The molecule has 0 bridgehead atoms. The summed E-state index contributed by atoms with van der Waals surface area (Å²) >= 11 is 5.79. The summed E-state index contributed by atoms with van der Waals surface area (Å²) in [4.78, 5) is 4.48. The lowest BCUT2D eigenvalue weighted by Gasteiger charge is -1.96. The zero-order chi connectivity index (χ0) is 6.57. The minimum absolute atomic E-state index is 0.333. The van der Waals surface area contributed by atoms with Gasteiger partial charge in [0.15, 0.2) is 0 Å². The lowest BCUT2D eigenvalue weighted by atomic mass is 11.5. The molecular weight excluding hydrogens is 244 g/mol. The highest BCUT2D eigenvalue weighted by Gasteiger charge is 2.05. The maximum absolute atomic E-state index is 10.3. The van der Waals surface area contributed by atoms with Crippen LogP contribution in [0.15, 0.2) is 5.28 Å². The molecule has 0 radical (unpaired) electrons. The van der Waals surface area contributed by atoms with E-state index in [0.29, 0.717) is 4.86 Å². The maximum Gasteiger partial charge on any atom is 0.300 e. The van der Waals surface area contributed by atoms with Crippen molar-refractivity contribution in [3.05, 3.63) is 5.21 Å². The first kappa shape index (κ1) is 8.16. The van der Waals surface area contributed by atoms with Crippen molar-refractivity contribution in [3.63, 3.8) is 0 Å². The van der Waals surface area contributed by atoms with E-state index in [-0.39, 0.29) is 0 Å². The van der Waals surface area contributed by atoms with Crippen LogP contribution in [-0.2, 0) is 4.84 Å². The third-order valence-corrected chi connectivity index (χ3v) is 1.03. The molecule has 48 valence electrons. The lowest BCUT2D eigenvalue weighted by Crippen LogP contribution is -2.03. The summed E-state index contributed by atoms with van der Waals surface area (Å²) in [5.41, 5.74) is 0. The third-order valence-electron chi connectivity index (χ3n) is 0.329. The van der Waals surface area contributed by atoms with Gasteiger partial charge in [0.2, 0.25) is 5.28 Å². The smallest absolute Gasteiger partial charge is 0.300 e. The van der Waals surface area contributed by atoms with Gasteiger partial charge in [0.25, 0.3) is 3.86 Å². The van der Waals surface area contributed by atoms with Gasteiger partial charge in [-0.15, -0.1) is 0 Å². The molecule has 0 aliphatic rings. The number of halogens is 2. The Kier molecular flexibility index (Phi) is 4.16. The quantitative estimate of drug-likeness (QED) is 0.245. The molecule has 0 rings (SSSR count). The number of alkyl halides is 2. The average molecular weight is 248 g/mol. The topological polar surface area (TPSA) is 47.7 Å². The second-order valence-corrected chi connectivity index (χ2v) is 3.81. The van der Waals surface area contributed by atoms with Crippen molar-refractivity contribution in [2.24, 2.45) is 5.28 Å². The molecule has 0 atom stereocenters. The Morgan fingerprint density at radius 3 is 2.38 bits per heavy atom. The van der Waals surface area contributed by atoms with Crippen molar-refractivity contribution in [3.8, 4) is 0 Å². The molecular formula is C2H4Br2N2O2. The van der Waals surface area contributed by atoms with Crippen LogP contribution >= 0.6 is 31.9 Å². The molecule has 6 heteroatoms. The van der Waals surface area contributed by atoms with Crippen LogP contribution in [0, 0.1) is 5.21 Å². The average Bonchev–Trinajstić information content (AvgIpc) is 1.67. The fourth-order valence-corrected chi connectivity index (χ4v) is 0.266. The molecule has 0 fully saturated rings. The number of hydrogen-bond donors (Lipinski definition) is 0. The highest BCUT2D eigenvalue weighted by molar-refractivity contribution is 9.24. The molecule has 0 aromatic heterocycles. The van der Waals surface area contributed by atoms with Crippen LogP contribution in [-0.4, -0.2) is 15.8 Å². The van der Waals surface area contributed by atoms with Crippen molar-refractivity contribution < 1.29 is 9.70 Å². The van der Waals surface area contributed by atoms with E-state index in [1.807, 2.05) is 0 Å². The molecule has 0 heterocycles. The lowest BCUT2D eigenvalue weighted by molar-refractivity contribution is -0.546. The fourth-order valence-electron chi connectivity index (χ4n) is 0.116. The van der Waals surface area contributed by atoms with E-state index in [2.05, 4.69) is 42.0 Å². The minimum atomic E-state index is -0.519. The van der Waals surface area contributed by atoms with Crippen LogP contribution < -0.4 is 0 Å². The second kappa shape index (κ2) is 4.08. The van der Waals surface area contributed by atoms with Gasteiger partial charge in [0.1, 0.15) is 7.11 Å². The Morgan fingerprint density at radius 2 is 2.25 bits per heavy atom. The first-order valence-corrected chi connectivity index (χ1v) is 3.50. The molecule has 0 aliphatic heterocycles. The molecule has 0 saturated heterocycles. The molecule has 4 nitrogen and oxygen atoms in total. The van der Waals surface area contributed by atoms with Gasteiger partial charge in [0.05, 0.1) is 0 Å². The first-order chi connectivity index (χ1) is 3.68. The van der Waals surface area contributed by atoms with Crippen LogP contribution in [0.1, 0.15) is 0 Å². The van der Waals surface area contributed by atoms with E-state index in [0.717, 1.165) is 0 Å². The van der Waals surface area contributed by atoms with Gasteiger partial charge >= 0.3 is 0 Å². The van der Waals surface area contributed by atoms with Crippen molar-refractivity contribution in [2.45, 2.75) is 3.86 Å². The Bertz CT molecular complexity index is 94.0. The second-order valence-electron chi connectivity index (χ2n) is 0.844. The van der Waals surface area contributed by atoms with Gasteiger partial charge in [-0.05, 0) is 4.86 Å². The highest BCUT2D eigenvalue weighted by atomic mass is 79.9. The van der Waals surface area contributed by atoms with E-state index < -0.39 is 3.86 Å². The van der Waals surface area contributed by atoms with E-state index >= 15 is 0 Å². The predicted octanol–water partition coefficient (Wildman–Crippen LogP) is 1.58. The Balaban J connectivity index is 3.61. The molecule has 0 aromatic rings. The van der Waals surface area contributed by atoms with Gasteiger partial charge in [-0.3, -0.25) is 0 Å². The van der Waals surface area contributed by atoms with Crippen molar-refractivity contribution in [1.82, 2.24) is 0 Å². The molecule has 0 aromatic carbocycles. The van der Waals surface area contributed by atoms with Crippen LogP contribution in [0.4, 0.5) is 0 Å².